The Balaban J connectivity index is 2.25. The topological polar surface area (TPSA) is 73.6 Å². The third-order valence-electron chi connectivity index (χ3n) is 2.96. The van der Waals surface area contributed by atoms with E-state index in [4.69, 9.17) is 15.2 Å². The quantitative estimate of drug-likeness (QED) is 0.664. The van der Waals surface area contributed by atoms with Crippen LogP contribution in [0.2, 0.25) is 0 Å². The minimum atomic E-state index is -0.435. The van der Waals surface area contributed by atoms with E-state index < -0.39 is 5.91 Å². The van der Waals surface area contributed by atoms with Crippen LogP contribution < -0.4 is 11.1 Å². The van der Waals surface area contributed by atoms with Crippen molar-refractivity contribution in [2.24, 2.45) is 5.73 Å². The van der Waals surface area contributed by atoms with Crippen LogP contribution in [0.1, 0.15) is 34.1 Å². The number of carbonyl (C=O) groups is 1. The Hall–Kier alpha value is -0.650. The number of ether oxygens (including phenoxy) is 2. The second kappa shape index (κ2) is 5.33. The minimum absolute atomic E-state index is 0.0161. The fourth-order valence-electron chi connectivity index (χ4n) is 2.36. The van der Waals surface area contributed by atoms with E-state index in [2.05, 4.69) is 33.0 Å². The lowest BCUT2D eigenvalue weighted by Crippen LogP contribution is -2.44. The van der Waals surface area contributed by atoms with Gasteiger partial charge >= 0.3 is 0 Å². The van der Waals surface area contributed by atoms with Crippen molar-refractivity contribution in [1.29, 1.82) is 0 Å². The first-order chi connectivity index (χ1) is 7.73. The predicted molar refractivity (Wildman–Crippen MR) is 65.7 cm³/mol. The summed E-state index contributed by atoms with van der Waals surface area (Å²) in [5, 5.41) is 3.40. The van der Waals surface area contributed by atoms with Crippen molar-refractivity contribution >= 4 is 5.91 Å². The predicted octanol–water partition coefficient (Wildman–Crippen LogP) is 0.424. The van der Waals surface area contributed by atoms with Gasteiger partial charge in [-0.2, -0.15) is 0 Å². The van der Waals surface area contributed by atoms with Crippen molar-refractivity contribution in [3.8, 4) is 0 Å². The van der Waals surface area contributed by atoms with Gasteiger partial charge in [-0.3, -0.25) is 4.79 Å². The molecule has 5 heteroatoms. The van der Waals surface area contributed by atoms with E-state index >= 15 is 0 Å². The third-order valence-corrected chi connectivity index (χ3v) is 2.96. The molecular weight excluding hydrogens is 220 g/mol. The zero-order valence-electron chi connectivity index (χ0n) is 11.2. The number of nitrogens with one attached hydrogen (secondary N) is 1. The Morgan fingerprint density at radius 3 is 2.59 bits per heavy atom. The Kier molecular flexibility index (Phi) is 4.52. The summed E-state index contributed by atoms with van der Waals surface area (Å²) in [5.74, 6) is -0.435. The summed E-state index contributed by atoms with van der Waals surface area (Å²) < 4.78 is 11.1. The normalized spacial score (nSPS) is 26.0. The Bertz CT molecular complexity index is 277. The zero-order chi connectivity index (χ0) is 13.1. The summed E-state index contributed by atoms with van der Waals surface area (Å²) in [7, 11) is 0. The first kappa shape index (κ1) is 14.4. The van der Waals surface area contributed by atoms with Gasteiger partial charge in [0.1, 0.15) is 6.61 Å². The van der Waals surface area contributed by atoms with E-state index in [0.717, 1.165) is 6.42 Å². The van der Waals surface area contributed by atoms with Gasteiger partial charge in [-0.25, -0.2) is 0 Å². The molecule has 1 fully saturated rings. The van der Waals surface area contributed by atoms with Crippen LogP contribution >= 0.6 is 0 Å². The lowest BCUT2D eigenvalue weighted by molar-refractivity contribution is -0.122. The molecule has 1 atom stereocenters. The molecule has 0 aromatic rings. The molecule has 1 saturated heterocycles. The van der Waals surface area contributed by atoms with Crippen molar-refractivity contribution in [3.05, 3.63) is 0 Å². The van der Waals surface area contributed by atoms with Gasteiger partial charge in [-0.05, 0) is 34.1 Å². The second-order valence-electron chi connectivity index (χ2n) is 5.69. The van der Waals surface area contributed by atoms with E-state index in [1.54, 1.807) is 0 Å². The lowest BCUT2D eigenvalue weighted by atomic mass is 9.94. The maximum atomic E-state index is 10.5. The fourth-order valence-corrected chi connectivity index (χ4v) is 2.36. The molecule has 0 aromatic heterocycles. The number of primary amides is 1. The number of nitrogens with two attached hydrogens (primary N) is 1. The highest BCUT2D eigenvalue weighted by Crippen LogP contribution is 2.36. The van der Waals surface area contributed by atoms with Gasteiger partial charge in [0.2, 0.25) is 5.91 Å². The zero-order valence-corrected chi connectivity index (χ0v) is 11.2. The van der Waals surface area contributed by atoms with Crippen LogP contribution in [-0.2, 0) is 14.3 Å². The number of hydrogen-bond acceptors (Lipinski definition) is 4. The largest absolute Gasteiger partial charge is 0.370 e. The first-order valence-electron chi connectivity index (χ1n) is 6.02. The van der Waals surface area contributed by atoms with Crippen LogP contribution in [0, 0.1) is 0 Å². The van der Waals surface area contributed by atoms with E-state index in [9.17, 15) is 4.79 Å². The van der Waals surface area contributed by atoms with Crippen LogP contribution in [0.4, 0.5) is 0 Å². The van der Waals surface area contributed by atoms with E-state index in [-0.39, 0.29) is 17.8 Å². The molecule has 1 aliphatic rings. The molecule has 1 amide bonds. The highest BCUT2D eigenvalue weighted by molar-refractivity contribution is 5.74. The van der Waals surface area contributed by atoms with Crippen molar-refractivity contribution < 1.29 is 14.3 Å². The van der Waals surface area contributed by atoms with Gasteiger partial charge < -0.3 is 20.5 Å². The first-order valence-corrected chi connectivity index (χ1v) is 6.02. The van der Waals surface area contributed by atoms with Crippen LogP contribution in [0.5, 0.6) is 0 Å². The highest BCUT2D eigenvalue weighted by atomic mass is 16.5. The van der Waals surface area contributed by atoms with E-state index in [1.165, 1.54) is 0 Å². The number of hydrogen-bond donors (Lipinski definition) is 2. The molecule has 0 aliphatic carbocycles. The summed E-state index contributed by atoms with van der Waals surface area (Å²) in [6, 6.07) is 0.301. The second-order valence-corrected chi connectivity index (χ2v) is 5.69. The smallest absolute Gasteiger partial charge is 0.243 e. The summed E-state index contributed by atoms with van der Waals surface area (Å²) in [4.78, 5) is 10.5. The molecule has 0 radical (unpaired) electrons. The van der Waals surface area contributed by atoms with Gasteiger partial charge in [-0.1, -0.05) is 0 Å². The Labute approximate surface area is 103 Å². The molecule has 1 aliphatic heterocycles. The standard InChI is InChI=1S/C12H24N2O3/c1-11(2)7-9(12(3,4)17-11)14-5-6-16-8-10(13)15/h9,14H,5-8H2,1-4H3,(H2,13,15). The van der Waals surface area contributed by atoms with Crippen molar-refractivity contribution in [2.75, 3.05) is 19.8 Å². The third kappa shape index (κ3) is 4.61. The lowest BCUT2D eigenvalue weighted by Gasteiger charge is -2.27. The fraction of sp³-hybridized carbons (Fsp3) is 0.917. The molecule has 0 saturated carbocycles. The molecule has 100 valence electrons. The van der Waals surface area contributed by atoms with E-state index in [0.29, 0.717) is 19.2 Å². The molecule has 0 aromatic carbocycles. The maximum Gasteiger partial charge on any atom is 0.243 e. The summed E-state index contributed by atoms with van der Waals surface area (Å²) in [5.41, 5.74) is 4.71. The molecule has 1 unspecified atom stereocenters. The molecule has 0 spiro atoms. The molecule has 1 heterocycles. The van der Waals surface area contributed by atoms with Crippen molar-refractivity contribution in [3.63, 3.8) is 0 Å². The molecule has 5 nitrogen and oxygen atoms in total. The van der Waals surface area contributed by atoms with Crippen LogP contribution in [0.25, 0.3) is 0 Å². The SMILES string of the molecule is CC1(C)CC(NCCOCC(N)=O)C(C)(C)O1. The van der Waals surface area contributed by atoms with E-state index in [1.807, 2.05) is 0 Å². The average Bonchev–Trinajstić information content (AvgIpc) is 2.33. The van der Waals surface area contributed by atoms with Gasteiger partial charge in [0, 0.05) is 12.6 Å². The summed E-state index contributed by atoms with van der Waals surface area (Å²) in [6.45, 7) is 9.53. The molecule has 3 N–H and O–H groups in total. The number of rotatable bonds is 6. The molecule has 17 heavy (non-hydrogen) atoms. The monoisotopic (exact) mass is 244 g/mol. The Morgan fingerprint density at radius 2 is 2.12 bits per heavy atom. The maximum absolute atomic E-state index is 10.5. The Morgan fingerprint density at radius 1 is 1.47 bits per heavy atom. The summed E-state index contributed by atoms with van der Waals surface area (Å²) in [6.07, 6.45) is 0.968. The minimum Gasteiger partial charge on any atom is -0.370 e. The number of amides is 1. The average molecular weight is 244 g/mol. The molecule has 1 rings (SSSR count). The van der Waals surface area contributed by atoms with Crippen LogP contribution in [0.3, 0.4) is 0 Å². The van der Waals surface area contributed by atoms with Gasteiger partial charge in [0.05, 0.1) is 17.8 Å². The molecule has 0 bridgehead atoms. The summed E-state index contributed by atoms with van der Waals surface area (Å²) >= 11 is 0. The van der Waals surface area contributed by atoms with Gasteiger partial charge in [-0.15, -0.1) is 0 Å². The van der Waals surface area contributed by atoms with Gasteiger partial charge in [0.15, 0.2) is 0 Å². The van der Waals surface area contributed by atoms with Gasteiger partial charge in [0.25, 0.3) is 0 Å². The highest BCUT2D eigenvalue weighted by Gasteiger charge is 2.45. The van der Waals surface area contributed by atoms with Crippen molar-refractivity contribution in [1.82, 2.24) is 5.32 Å². The molecular formula is C12H24N2O3. The van der Waals surface area contributed by atoms with Crippen LogP contribution in [-0.4, -0.2) is 42.9 Å². The van der Waals surface area contributed by atoms with Crippen molar-refractivity contribution in [2.45, 2.75) is 51.4 Å². The van der Waals surface area contributed by atoms with Crippen LogP contribution in [0.15, 0.2) is 0 Å². The number of carbonyl (C=O) groups excluding carboxylic acids is 1.